The van der Waals surface area contributed by atoms with Crippen molar-refractivity contribution < 1.29 is 37.4 Å². The van der Waals surface area contributed by atoms with Crippen LogP contribution >= 0.6 is 0 Å². The van der Waals surface area contributed by atoms with Gasteiger partial charge in [0, 0.05) is 74.0 Å². The molecule has 0 radical (unpaired) electrons. The van der Waals surface area contributed by atoms with Crippen LogP contribution in [0.5, 0.6) is 0 Å². The van der Waals surface area contributed by atoms with E-state index in [-0.39, 0.29) is 17.9 Å². The molecule has 0 aliphatic carbocycles. The molecular weight excluding hydrogens is 756 g/mol. The number of H-pyrrole nitrogens is 1. The lowest BCUT2D eigenvalue weighted by molar-refractivity contribution is -0.192. The van der Waals surface area contributed by atoms with Crippen LogP contribution in [0.1, 0.15) is 62.0 Å². The topological polar surface area (TPSA) is 169 Å². The fourth-order valence-electron chi connectivity index (χ4n) is 7.68. The molecule has 0 unspecified atom stereocenters. The lowest BCUT2D eigenvalue weighted by Gasteiger charge is -2.39. The number of hydrogen-bond donors (Lipinski definition) is 4. The summed E-state index contributed by atoms with van der Waals surface area (Å²) >= 11 is 0. The maximum absolute atomic E-state index is 13.3. The van der Waals surface area contributed by atoms with E-state index in [1.807, 2.05) is 36.4 Å². The van der Waals surface area contributed by atoms with E-state index in [4.69, 9.17) is 14.6 Å². The molecule has 3 atom stereocenters. The molecule has 3 saturated heterocycles. The first-order chi connectivity index (χ1) is 27.7. The standard InChI is InChI=1S/C39H49N9O3.C2HF3O2/c1-26(22-48-27(2)6-4-7-28(48)3)38(49)44-32-8-5-15-46(24-32)23-29-13-14-40-35(20-29)39(50)43-31-11-9-30(10-12-31)34-21-33-36(45-34)41-25-42-37(33)47-16-18-51-19-17-47;3-2(4,5)1(6)7/h9-14,20-21,25,27-28,32H,1,4-8,15-19,22-24H2,2-3H3,(H,43,50)(H,44,49)(H,41,42,45);(H,6,7)/t27-,28+,32-;/m1./s1. The summed E-state index contributed by atoms with van der Waals surface area (Å²) in [7, 11) is 0. The molecule has 7 rings (SSSR count). The summed E-state index contributed by atoms with van der Waals surface area (Å²) < 4.78 is 37.2. The molecule has 310 valence electrons. The van der Waals surface area contributed by atoms with Gasteiger partial charge in [-0.15, -0.1) is 0 Å². The number of rotatable bonds is 10. The Labute approximate surface area is 334 Å². The van der Waals surface area contributed by atoms with E-state index in [2.05, 4.69) is 71.8 Å². The van der Waals surface area contributed by atoms with E-state index in [1.165, 1.54) is 19.3 Å². The molecule has 6 heterocycles. The van der Waals surface area contributed by atoms with Crippen molar-refractivity contribution in [3.8, 4) is 11.3 Å². The Balaban J connectivity index is 0.000000743. The number of piperidine rings is 2. The zero-order valence-electron chi connectivity index (χ0n) is 32.7. The van der Waals surface area contributed by atoms with Crippen molar-refractivity contribution in [2.24, 2.45) is 0 Å². The number of fused-ring (bicyclic) bond motifs is 1. The van der Waals surface area contributed by atoms with Crippen molar-refractivity contribution in [1.82, 2.24) is 35.1 Å². The van der Waals surface area contributed by atoms with E-state index < -0.39 is 12.1 Å². The number of halogens is 3. The van der Waals surface area contributed by atoms with Gasteiger partial charge >= 0.3 is 12.1 Å². The number of amides is 2. The molecule has 0 bridgehead atoms. The van der Waals surface area contributed by atoms with Gasteiger partial charge in [0.1, 0.15) is 23.5 Å². The highest BCUT2D eigenvalue weighted by molar-refractivity contribution is 6.03. The summed E-state index contributed by atoms with van der Waals surface area (Å²) in [4.78, 5) is 59.0. The Hall–Kier alpha value is -5.39. The van der Waals surface area contributed by atoms with Crippen LogP contribution in [-0.4, -0.2) is 123 Å². The van der Waals surface area contributed by atoms with Gasteiger partial charge in [0.05, 0.1) is 18.6 Å². The van der Waals surface area contributed by atoms with Crippen LogP contribution in [0.4, 0.5) is 24.7 Å². The molecule has 4 aromatic rings. The van der Waals surface area contributed by atoms with Crippen LogP contribution in [0.25, 0.3) is 22.3 Å². The summed E-state index contributed by atoms with van der Waals surface area (Å²) in [6, 6.07) is 14.6. The molecule has 1 aromatic carbocycles. The second-order valence-electron chi connectivity index (χ2n) is 15.1. The summed E-state index contributed by atoms with van der Waals surface area (Å²) in [5.74, 6) is -2.16. The molecule has 3 aliphatic rings. The summed E-state index contributed by atoms with van der Waals surface area (Å²) in [6.07, 6.45) is 3.72. The van der Waals surface area contributed by atoms with E-state index >= 15 is 0 Å². The third kappa shape index (κ3) is 11.0. The third-order valence-corrected chi connectivity index (χ3v) is 10.8. The first-order valence-electron chi connectivity index (χ1n) is 19.5. The Bertz CT molecular complexity index is 2060. The molecule has 4 N–H and O–H groups in total. The number of carbonyl (C=O) groups excluding carboxylic acids is 2. The number of ether oxygens (including phenoxy) is 1. The van der Waals surface area contributed by atoms with E-state index in [9.17, 15) is 22.8 Å². The lowest BCUT2D eigenvalue weighted by atomic mass is 9.96. The molecule has 58 heavy (non-hydrogen) atoms. The number of alkyl halides is 3. The second kappa shape index (κ2) is 18.9. The third-order valence-electron chi connectivity index (χ3n) is 10.8. The smallest absolute Gasteiger partial charge is 0.475 e. The number of likely N-dealkylation sites (tertiary alicyclic amines) is 2. The minimum atomic E-state index is -5.08. The highest BCUT2D eigenvalue weighted by atomic mass is 19.4. The SMILES string of the molecule is C=C(CN1[C@H](C)CCC[C@@H]1C)C(=O)N[C@@H]1CCCN(Cc2ccnc(C(=O)Nc3ccc(-c4cc5c(N6CCOCC6)ncnc5[nH]4)cc3)c2)C1.O=C(O)C(F)(F)F. The largest absolute Gasteiger partial charge is 0.490 e. The molecule has 0 spiro atoms. The Kier molecular flexibility index (Phi) is 13.8. The van der Waals surface area contributed by atoms with Gasteiger partial charge in [-0.1, -0.05) is 25.1 Å². The molecule has 0 saturated carbocycles. The fourth-order valence-corrected chi connectivity index (χ4v) is 7.68. The highest BCUT2D eigenvalue weighted by Gasteiger charge is 2.38. The highest BCUT2D eigenvalue weighted by Crippen LogP contribution is 2.30. The van der Waals surface area contributed by atoms with Gasteiger partial charge in [0.25, 0.3) is 5.91 Å². The number of morpholine rings is 1. The lowest BCUT2D eigenvalue weighted by Crippen LogP contribution is -2.49. The molecular formula is C41H50F3N9O5. The zero-order valence-corrected chi connectivity index (χ0v) is 32.7. The van der Waals surface area contributed by atoms with Gasteiger partial charge in [-0.3, -0.25) is 24.4 Å². The minimum absolute atomic E-state index is 0.0451. The molecule has 17 heteroatoms. The number of pyridine rings is 1. The number of carboxylic acids is 1. The molecule has 2 amide bonds. The van der Waals surface area contributed by atoms with Crippen LogP contribution in [0.15, 0.2) is 67.1 Å². The van der Waals surface area contributed by atoms with Gasteiger partial charge in [-0.05, 0) is 87.5 Å². The number of carbonyl (C=O) groups is 3. The Morgan fingerprint density at radius 1 is 0.966 bits per heavy atom. The number of benzene rings is 1. The van der Waals surface area contributed by atoms with Crippen LogP contribution in [0, 0.1) is 0 Å². The monoisotopic (exact) mass is 805 g/mol. The van der Waals surface area contributed by atoms with Crippen molar-refractivity contribution >= 4 is 40.3 Å². The molecule has 3 aromatic heterocycles. The van der Waals surface area contributed by atoms with Crippen LogP contribution in [0.2, 0.25) is 0 Å². The van der Waals surface area contributed by atoms with E-state index in [1.54, 1.807) is 12.5 Å². The number of carboxylic acid groups (broad SMARTS) is 1. The predicted octanol–water partition coefficient (Wildman–Crippen LogP) is 5.64. The summed E-state index contributed by atoms with van der Waals surface area (Å²) in [5.41, 5.74) is 5.38. The van der Waals surface area contributed by atoms with Crippen LogP contribution < -0.4 is 15.5 Å². The van der Waals surface area contributed by atoms with Crippen LogP contribution in [-0.2, 0) is 20.9 Å². The van der Waals surface area contributed by atoms with Crippen molar-refractivity contribution in [2.75, 3.05) is 56.2 Å². The number of hydrogen-bond acceptors (Lipinski definition) is 10. The molecule has 3 fully saturated rings. The van der Waals surface area contributed by atoms with Gasteiger partial charge in [-0.2, -0.15) is 13.2 Å². The first kappa shape index (κ1) is 42.2. The number of nitrogens with zero attached hydrogens (tertiary/aromatic N) is 6. The number of anilines is 2. The number of aromatic amines is 1. The number of nitrogens with one attached hydrogen (secondary N) is 3. The average molecular weight is 806 g/mol. The maximum atomic E-state index is 13.3. The van der Waals surface area contributed by atoms with Gasteiger partial charge < -0.3 is 30.4 Å². The van der Waals surface area contributed by atoms with E-state index in [0.29, 0.717) is 55.3 Å². The minimum Gasteiger partial charge on any atom is -0.475 e. The summed E-state index contributed by atoms with van der Waals surface area (Å²) in [6.45, 7) is 14.6. The van der Waals surface area contributed by atoms with E-state index in [0.717, 1.165) is 72.7 Å². The van der Waals surface area contributed by atoms with Crippen molar-refractivity contribution in [3.05, 3.63) is 78.4 Å². The molecule has 14 nitrogen and oxygen atoms in total. The quantitative estimate of drug-likeness (QED) is 0.146. The number of aromatic nitrogens is 4. The van der Waals surface area contributed by atoms with Gasteiger partial charge in [-0.25, -0.2) is 14.8 Å². The maximum Gasteiger partial charge on any atom is 0.490 e. The van der Waals surface area contributed by atoms with Crippen molar-refractivity contribution in [3.63, 3.8) is 0 Å². The van der Waals surface area contributed by atoms with Crippen LogP contribution in [0.3, 0.4) is 0 Å². The zero-order chi connectivity index (χ0) is 41.4. The first-order valence-corrected chi connectivity index (χ1v) is 19.5. The van der Waals surface area contributed by atoms with Crippen molar-refractivity contribution in [1.29, 1.82) is 0 Å². The molecule has 3 aliphatic heterocycles. The predicted molar refractivity (Wildman–Crippen MR) is 213 cm³/mol. The normalized spacial score (nSPS) is 20.5. The van der Waals surface area contributed by atoms with Crippen molar-refractivity contribution in [2.45, 2.75) is 76.8 Å². The Morgan fingerprint density at radius 3 is 2.36 bits per heavy atom. The summed E-state index contributed by atoms with van der Waals surface area (Å²) in [5, 5.41) is 14.3. The average Bonchev–Trinajstić information content (AvgIpc) is 3.65. The Morgan fingerprint density at radius 2 is 1.67 bits per heavy atom. The van der Waals surface area contributed by atoms with Gasteiger partial charge in [0.15, 0.2) is 0 Å². The second-order valence-corrected chi connectivity index (χ2v) is 15.1. The fraction of sp³-hybridized carbons (Fsp3) is 0.463. The number of aliphatic carboxylic acids is 1. The van der Waals surface area contributed by atoms with Gasteiger partial charge in [0.2, 0.25) is 5.91 Å².